The van der Waals surface area contributed by atoms with E-state index in [0.717, 1.165) is 11.1 Å². The largest absolute Gasteiger partial charge is 0.394 e. The molecule has 7 heteroatoms. The molecule has 0 saturated carbocycles. The van der Waals surface area contributed by atoms with Gasteiger partial charge >= 0.3 is 0 Å². The van der Waals surface area contributed by atoms with Gasteiger partial charge in [0.2, 0.25) is 5.91 Å². The van der Waals surface area contributed by atoms with Crippen LogP contribution in [0.15, 0.2) is 103 Å². The molecule has 1 heterocycles. The van der Waals surface area contributed by atoms with Crippen LogP contribution in [-0.4, -0.2) is 41.0 Å². The maximum atomic E-state index is 14.2. The van der Waals surface area contributed by atoms with Crippen LogP contribution in [0, 0.1) is 0 Å². The average Bonchev–Trinajstić information content (AvgIpc) is 2.97. The molecule has 0 bridgehead atoms. The van der Waals surface area contributed by atoms with Gasteiger partial charge in [-0.1, -0.05) is 108 Å². The summed E-state index contributed by atoms with van der Waals surface area (Å²) < 4.78 is 0. The van der Waals surface area contributed by atoms with Crippen LogP contribution in [-0.2, 0) is 17.6 Å². The van der Waals surface area contributed by atoms with Gasteiger partial charge in [-0.15, -0.1) is 0 Å². The monoisotopic (exact) mass is 572 g/mol. The minimum Gasteiger partial charge on any atom is -0.394 e. The summed E-state index contributed by atoms with van der Waals surface area (Å²) in [4.78, 5) is 29.8. The van der Waals surface area contributed by atoms with Crippen molar-refractivity contribution in [2.45, 2.75) is 30.8 Å². The molecule has 1 aliphatic heterocycles. The van der Waals surface area contributed by atoms with E-state index in [9.17, 15) is 14.7 Å². The molecule has 0 saturated heterocycles. The predicted molar refractivity (Wildman–Crippen MR) is 159 cm³/mol. The number of fused-ring (bicyclic) bond motifs is 1. The first-order chi connectivity index (χ1) is 19.5. The molecule has 5 rings (SSSR count). The van der Waals surface area contributed by atoms with E-state index in [0.29, 0.717) is 46.1 Å². The molecule has 0 radical (unpaired) electrons. The molecular weight excluding hydrogens is 543 g/mol. The Morgan fingerprint density at radius 2 is 1.50 bits per heavy atom. The molecule has 5 nitrogen and oxygen atoms in total. The van der Waals surface area contributed by atoms with Crippen molar-refractivity contribution in [1.29, 1.82) is 0 Å². The van der Waals surface area contributed by atoms with E-state index < -0.39 is 18.0 Å². The average molecular weight is 574 g/mol. The lowest BCUT2D eigenvalue weighted by atomic mass is 9.78. The molecule has 4 aromatic rings. The molecule has 0 fully saturated rings. The number of benzene rings is 4. The number of nitrogens with one attached hydrogen (secondary N) is 1. The zero-order valence-electron chi connectivity index (χ0n) is 21.8. The number of hydrogen-bond acceptors (Lipinski definition) is 3. The number of amides is 2. The van der Waals surface area contributed by atoms with Gasteiger partial charge in [0.15, 0.2) is 0 Å². The highest BCUT2D eigenvalue weighted by molar-refractivity contribution is 6.35. The summed E-state index contributed by atoms with van der Waals surface area (Å²) in [7, 11) is 0. The first kappa shape index (κ1) is 27.9. The van der Waals surface area contributed by atoms with Crippen molar-refractivity contribution in [1.82, 2.24) is 10.2 Å². The summed E-state index contributed by atoms with van der Waals surface area (Å²) in [6.45, 7) is 0.150. The number of carbonyl (C=O) groups excluding carboxylic acids is 2. The summed E-state index contributed by atoms with van der Waals surface area (Å²) in [6.07, 6.45) is 1.08. The third-order valence-corrected chi connectivity index (χ3v) is 7.98. The molecule has 0 spiro atoms. The second-order valence-electron chi connectivity index (χ2n) is 9.94. The zero-order chi connectivity index (χ0) is 28.1. The summed E-state index contributed by atoms with van der Waals surface area (Å²) in [5.74, 6) is -1.23. The quantitative estimate of drug-likeness (QED) is 0.249. The van der Waals surface area contributed by atoms with Gasteiger partial charge in [-0.25, -0.2) is 0 Å². The van der Waals surface area contributed by atoms with Gasteiger partial charge < -0.3 is 15.3 Å². The topological polar surface area (TPSA) is 69.6 Å². The van der Waals surface area contributed by atoms with Crippen LogP contribution >= 0.6 is 23.2 Å². The second kappa shape index (κ2) is 12.7. The van der Waals surface area contributed by atoms with Crippen LogP contribution in [0.3, 0.4) is 0 Å². The highest BCUT2D eigenvalue weighted by atomic mass is 35.5. The summed E-state index contributed by atoms with van der Waals surface area (Å²) in [5.41, 5.74) is 3.76. The minimum atomic E-state index is -0.759. The Morgan fingerprint density at radius 3 is 2.17 bits per heavy atom. The lowest BCUT2D eigenvalue weighted by Gasteiger charge is -2.45. The van der Waals surface area contributed by atoms with Gasteiger partial charge in [-0.3, -0.25) is 9.59 Å². The first-order valence-electron chi connectivity index (χ1n) is 13.3. The van der Waals surface area contributed by atoms with Crippen molar-refractivity contribution in [3.63, 3.8) is 0 Å². The fourth-order valence-electron chi connectivity index (χ4n) is 5.53. The van der Waals surface area contributed by atoms with Crippen molar-refractivity contribution in [2.75, 3.05) is 13.2 Å². The second-order valence-corrected chi connectivity index (χ2v) is 10.8. The van der Waals surface area contributed by atoms with Gasteiger partial charge in [-0.05, 0) is 53.3 Å². The van der Waals surface area contributed by atoms with E-state index in [2.05, 4.69) is 5.32 Å². The number of aliphatic hydroxyl groups is 1. The third kappa shape index (κ3) is 5.92. The van der Waals surface area contributed by atoms with Gasteiger partial charge in [0.05, 0.1) is 24.6 Å². The number of halogens is 2. The van der Waals surface area contributed by atoms with Crippen molar-refractivity contribution in [2.24, 2.45) is 0 Å². The van der Waals surface area contributed by atoms with Gasteiger partial charge in [0, 0.05) is 22.2 Å². The summed E-state index contributed by atoms with van der Waals surface area (Å²) in [5, 5.41) is 14.5. The SMILES string of the molecule is O=C(NCCc1ccccc1)[C@@H]1c2ccccc2C(=O)N([C@H](CO)Cc2ccccc2)[C@H]1c1ccc(Cl)cc1Cl. The van der Waals surface area contributed by atoms with E-state index in [4.69, 9.17) is 23.2 Å². The van der Waals surface area contributed by atoms with Crippen molar-refractivity contribution in [3.8, 4) is 0 Å². The number of carbonyl (C=O) groups is 2. The molecule has 40 heavy (non-hydrogen) atoms. The number of nitrogens with zero attached hydrogens (tertiary/aromatic N) is 1. The Morgan fingerprint density at radius 1 is 0.850 bits per heavy atom. The minimum absolute atomic E-state index is 0.215. The van der Waals surface area contributed by atoms with Crippen molar-refractivity contribution in [3.05, 3.63) is 141 Å². The van der Waals surface area contributed by atoms with Crippen LogP contribution < -0.4 is 5.32 Å². The normalized spacial score (nSPS) is 17.3. The predicted octanol–water partition coefficient (Wildman–Crippen LogP) is 6.24. The molecule has 0 unspecified atom stereocenters. The standard InChI is InChI=1S/C33H30Cl2N2O3/c34-24-15-16-28(29(35)20-24)31-30(32(39)36-18-17-22-9-3-1-4-10-22)26-13-7-8-14-27(26)33(40)37(31)25(21-38)19-23-11-5-2-6-12-23/h1-16,20,25,30-31,38H,17-19,21H2,(H,36,39)/t25-,30+,31-/m0/s1. The molecular formula is C33H30Cl2N2O3. The van der Waals surface area contributed by atoms with Crippen LogP contribution in [0.5, 0.6) is 0 Å². The van der Waals surface area contributed by atoms with Gasteiger partial charge in [-0.2, -0.15) is 0 Å². The fraction of sp³-hybridized carbons (Fsp3) is 0.212. The van der Waals surface area contributed by atoms with E-state index in [1.165, 1.54) is 0 Å². The molecule has 4 aromatic carbocycles. The third-order valence-electron chi connectivity index (χ3n) is 7.41. The molecule has 1 aliphatic rings. The Hall–Kier alpha value is -3.64. The number of rotatable bonds is 9. The van der Waals surface area contributed by atoms with Gasteiger partial charge in [0.1, 0.15) is 0 Å². The number of aliphatic hydroxyl groups excluding tert-OH is 1. The van der Waals surface area contributed by atoms with Crippen LogP contribution in [0.25, 0.3) is 0 Å². The lowest BCUT2D eigenvalue weighted by molar-refractivity contribution is -0.124. The van der Waals surface area contributed by atoms with E-state index in [1.54, 1.807) is 35.2 Å². The van der Waals surface area contributed by atoms with E-state index in [-0.39, 0.29) is 18.4 Å². The zero-order valence-corrected chi connectivity index (χ0v) is 23.4. The molecule has 0 aromatic heterocycles. The molecule has 0 aliphatic carbocycles. The molecule has 2 amide bonds. The lowest BCUT2D eigenvalue weighted by Crippen LogP contribution is -2.53. The highest BCUT2D eigenvalue weighted by Gasteiger charge is 2.47. The fourth-order valence-corrected chi connectivity index (χ4v) is 6.05. The van der Waals surface area contributed by atoms with Crippen LogP contribution in [0.2, 0.25) is 10.0 Å². The maximum absolute atomic E-state index is 14.2. The smallest absolute Gasteiger partial charge is 0.255 e. The van der Waals surface area contributed by atoms with Crippen LogP contribution in [0.1, 0.15) is 44.6 Å². The Kier molecular flexibility index (Phi) is 8.85. The Bertz CT molecular complexity index is 1480. The Labute approximate surface area is 244 Å². The summed E-state index contributed by atoms with van der Waals surface area (Å²) >= 11 is 13.0. The van der Waals surface area contributed by atoms with E-state index >= 15 is 0 Å². The van der Waals surface area contributed by atoms with Crippen molar-refractivity contribution >= 4 is 35.0 Å². The van der Waals surface area contributed by atoms with Crippen LogP contribution in [0.4, 0.5) is 0 Å². The molecule has 3 atom stereocenters. The van der Waals surface area contributed by atoms with Gasteiger partial charge in [0.25, 0.3) is 5.91 Å². The molecule has 204 valence electrons. The molecule has 2 N–H and O–H groups in total. The van der Waals surface area contributed by atoms with Crippen molar-refractivity contribution < 1.29 is 14.7 Å². The summed E-state index contributed by atoms with van der Waals surface area (Å²) in [6, 6.07) is 30.6. The highest BCUT2D eigenvalue weighted by Crippen LogP contribution is 2.46. The number of hydrogen-bond donors (Lipinski definition) is 2. The first-order valence-corrected chi connectivity index (χ1v) is 14.1. The maximum Gasteiger partial charge on any atom is 0.255 e. The van der Waals surface area contributed by atoms with E-state index in [1.807, 2.05) is 72.8 Å². The Balaban J connectivity index is 1.58.